The Labute approximate surface area is 139 Å². The van der Waals surface area contributed by atoms with Gasteiger partial charge < -0.3 is 4.74 Å². The molecule has 0 saturated carbocycles. The van der Waals surface area contributed by atoms with Gasteiger partial charge in [-0.2, -0.15) is 0 Å². The van der Waals surface area contributed by atoms with Gasteiger partial charge in [-0.25, -0.2) is 13.1 Å². The van der Waals surface area contributed by atoms with Gasteiger partial charge in [0.15, 0.2) is 0 Å². The second-order valence-corrected chi connectivity index (χ2v) is 8.41. The van der Waals surface area contributed by atoms with Crippen LogP contribution in [0.1, 0.15) is 32.3 Å². The molecule has 5 nitrogen and oxygen atoms in total. The Hall–Kier alpha value is -0.950. The molecule has 0 spiro atoms. The first-order valence-electron chi connectivity index (χ1n) is 8.45. The van der Waals surface area contributed by atoms with Crippen LogP contribution in [0.5, 0.6) is 0 Å². The lowest BCUT2D eigenvalue weighted by Gasteiger charge is -2.33. The monoisotopic (exact) mass is 338 g/mol. The molecule has 1 aromatic carbocycles. The van der Waals surface area contributed by atoms with Crippen molar-refractivity contribution >= 4 is 10.0 Å². The summed E-state index contributed by atoms with van der Waals surface area (Å²) in [4.78, 5) is 2.69. The first-order valence-corrected chi connectivity index (χ1v) is 9.93. The number of morpholine rings is 1. The number of ether oxygens (including phenoxy) is 1. The number of nitrogens with one attached hydrogen (secondary N) is 1. The molecule has 0 unspecified atom stereocenters. The Morgan fingerprint density at radius 1 is 1.26 bits per heavy atom. The highest BCUT2D eigenvalue weighted by Gasteiger charge is 2.37. The molecule has 2 heterocycles. The molecule has 2 fully saturated rings. The molecule has 2 saturated heterocycles. The van der Waals surface area contributed by atoms with Gasteiger partial charge in [-0.15, -0.1) is 0 Å². The van der Waals surface area contributed by atoms with Crippen LogP contribution in [-0.2, 0) is 21.2 Å². The minimum atomic E-state index is -3.45. The third kappa shape index (κ3) is 3.94. The van der Waals surface area contributed by atoms with Gasteiger partial charge in [-0.3, -0.25) is 4.90 Å². The highest BCUT2D eigenvalue weighted by Crippen LogP contribution is 2.24. The van der Waals surface area contributed by atoms with Gasteiger partial charge in [-0.1, -0.05) is 25.5 Å². The van der Waals surface area contributed by atoms with Crippen molar-refractivity contribution < 1.29 is 13.2 Å². The molecule has 128 valence electrons. The minimum Gasteiger partial charge on any atom is -0.376 e. The van der Waals surface area contributed by atoms with Gasteiger partial charge in [-0.05, 0) is 37.5 Å². The Balaban J connectivity index is 1.64. The van der Waals surface area contributed by atoms with Gasteiger partial charge in [0.1, 0.15) is 0 Å². The van der Waals surface area contributed by atoms with Crippen LogP contribution in [-0.4, -0.2) is 51.2 Å². The maximum atomic E-state index is 12.6. The average Bonchev–Trinajstić information content (AvgIpc) is 2.88. The molecule has 2 aliphatic heterocycles. The lowest BCUT2D eigenvalue weighted by Crippen LogP contribution is -2.45. The van der Waals surface area contributed by atoms with Crippen molar-refractivity contribution in [3.8, 4) is 0 Å². The summed E-state index contributed by atoms with van der Waals surface area (Å²) in [6.07, 6.45) is 3.09. The molecule has 3 atom stereocenters. The molecule has 3 rings (SSSR count). The molecule has 6 heteroatoms. The Morgan fingerprint density at radius 2 is 2.00 bits per heavy atom. The topological polar surface area (TPSA) is 58.6 Å². The molecule has 23 heavy (non-hydrogen) atoms. The van der Waals surface area contributed by atoms with E-state index in [9.17, 15) is 8.42 Å². The Kier molecular flexibility index (Phi) is 5.06. The predicted molar refractivity (Wildman–Crippen MR) is 89.9 cm³/mol. The first kappa shape index (κ1) is 16.9. The van der Waals surface area contributed by atoms with E-state index < -0.39 is 10.0 Å². The zero-order chi connectivity index (χ0) is 16.4. The van der Waals surface area contributed by atoms with E-state index in [1.165, 1.54) is 5.56 Å². The minimum absolute atomic E-state index is 0.0331. The van der Waals surface area contributed by atoms with Crippen LogP contribution < -0.4 is 4.72 Å². The fourth-order valence-electron chi connectivity index (χ4n) is 3.54. The van der Waals surface area contributed by atoms with Crippen molar-refractivity contribution in [2.75, 3.05) is 19.7 Å². The number of fused-ring (bicyclic) bond motifs is 1. The van der Waals surface area contributed by atoms with Crippen molar-refractivity contribution in [3.63, 3.8) is 0 Å². The van der Waals surface area contributed by atoms with Crippen LogP contribution in [0.3, 0.4) is 0 Å². The molecule has 0 bridgehead atoms. The van der Waals surface area contributed by atoms with Crippen LogP contribution in [0.25, 0.3) is 0 Å². The zero-order valence-corrected chi connectivity index (χ0v) is 14.7. The van der Waals surface area contributed by atoms with E-state index in [0.29, 0.717) is 17.5 Å². The molecular weight excluding hydrogens is 312 g/mol. The van der Waals surface area contributed by atoms with Crippen molar-refractivity contribution in [2.45, 2.75) is 56.2 Å². The summed E-state index contributed by atoms with van der Waals surface area (Å²) < 4.78 is 33.7. The van der Waals surface area contributed by atoms with Gasteiger partial charge in [0.25, 0.3) is 0 Å². The van der Waals surface area contributed by atoms with Crippen LogP contribution in [0, 0.1) is 0 Å². The van der Waals surface area contributed by atoms with E-state index in [4.69, 9.17) is 4.74 Å². The largest absolute Gasteiger partial charge is 0.376 e. The standard InChI is InChI=1S/C17H26N2O3S/c1-3-4-14-5-7-17(8-6-14)23(20,21)18-15-9-16-12-22-13(2)10-19(16)11-15/h5-8,13,15-16,18H,3-4,9-12H2,1-2H3/t13-,15-,16+/m1/s1. The van der Waals surface area contributed by atoms with E-state index >= 15 is 0 Å². The van der Waals surface area contributed by atoms with Gasteiger partial charge >= 0.3 is 0 Å². The number of hydrogen-bond donors (Lipinski definition) is 1. The second-order valence-electron chi connectivity index (χ2n) is 6.70. The van der Waals surface area contributed by atoms with E-state index in [1.807, 2.05) is 12.1 Å². The first-order chi connectivity index (χ1) is 11.0. The van der Waals surface area contributed by atoms with Crippen molar-refractivity contribution in [1.29, 1.82) is 0 Å². The van der Waals surface area contributed by atoms with Crippen LogP contribution in [0.4, 0.5) is 0 Å². The fourth-order valence-corrected chi connectivity index (χ4v) is 4.78. The summed E-state index contributed by atoms with van der Waals surface area (Å²) >= 11 is 0. The number of nitrogens with zero attached hydrogens (tertiary/aromatic N) is 1. The van der Waals surface area contributed by atoms with Gasteiger partial charge in [0, 0.05) is 25.2 Å². The van der Waals surface area contributed by atoms with Crippen molar-refractivity contribution in [1.82, 2.24) is 9.62 Å². The second kappa shape index (κ2) is 6.89. The predicted octanol–water partition coefficient (Wildman–Crippen LogP) is 1.78. The van der Waals surface area contributed by atoms with Crippen molar-refractivity contribution in [3.05, 3.63) is 29.8 Å². The van der Waals surface area contributed by atoms with E-state index in [0.717, 1.165) is 32.4 Å². The van der Waals surface area contributed by atoms with Gasteiger partial charge in [0.05, 0.1) is 17.6 Å². The van der Waals surface area contributed by atoms with Crippen molar-refractivity contribution in [2.24, 2.45) is 0 Å². The van der Waals surface area contributed by atoms with Gasteiger partial charge in [0.2, 0.25) is 10.0 Å². The van der Waals surface area contributed by atoms with E-state index in [1.54, 1.807) is 12.1 Å². The third-order valence-electron chi connectivity index (χ3n) is 4.69. The lowest BCUT2D eigenvalue weighted by atomic mass is 10.1. The Bertz CT molecular complexity index is 630. The summed E-state index contributed by atoms with van der Waals surface area (Å²) in [6, 6.07) is 7.54. The summed E-state index contributed by atoms with van der Waals surface area (Å²) in [5, 5.41) is 0. The summed E-state index contributed by atoms with van der Waals surface area (Å²) in [5.41, 5.74) is 1.18. The van der Waals surface area contributed by atoms with Crippen LogP contribution >= 0.6 is 0 Å². The molecule has 1 aromatic rings. The maximum Gasteiger partial charge on any atom is 0.240 e. The highest BCUT2D eigenvalue weighted by atomic mass is 32.2. The fraction of sp³-hybridized carbons (Fsp3) is 0.647. The normalized spacial score (nSPS) is 28.7. The highest BCUT2D eigenvalue weighted by molar-refractivity contribution is 7.89. The molecule has 1 N–H and O–H groups in total. The maximum absolute atomic E-state index is 12.6. The van der Waals surface area contributed by atoms with E-state index in [-0.39, 0.29) is 12.1 Å². The number of sulfonamides is 1. The molecular formula is C17H26N2O3S. The Morgan fingerprint density at radius 3 is 2.70 bits per heavy atom. The molecule has 2 aliphatic rings. The number of rotatable bonds is 5. The average molecular weight is 338 g/mol. The van der Waals surface area contributed by atoms with Crippen LogP contribution in [0.2, 0.25) is 0 Å². The summed E-state index contributed by atoms with van der Waals surface area (Å²) in [7, 11) is -3.45. The number of aryl methyl sites for hydroxylation is 1. The SMILES string of the molecule is CCCc1ccc(S(=O)(=O)N[C@@H]2C[C@H]3CO[C@H](C)CN3C2)cc1. The van der Waals surface area contributed by atoms with E-state index in [2.05, 4.69) is 23.5 Å². The molecule has 0 amide bonds. The summed E-state index contributed by atoms with van der Waals surface area (Å²) in [6.45, 7) is 6.53. The van der Waals surface area contributed by atoms with Crippen LogP contribution in [0.15, 0.2) is 29.2 Å². The number of hydrogen-bond acceptors (Lipinski definition) is 4. The zero-order valence-electron chi connectivity index (χ0n) is 13.9. The quantitative estimate of drug-likeness (QED) is 0.889. The third-order valence-corrected chi connectivity index (χ3v) is 6.22. The lowest BCUT2D eigenvalue weighted by molar-refractivity contribution is -0.0390. The number of benzene rings is 1. The molecule has 0 aliphatic carbocycles. The summed E-state index contributed by atoms with van der Waals surface area (Å²) in [5.74, 6) is 0. The smallest absolute Gasteiger partial charge is 0.240 e. The molecule has 0 radical (unpaired) electrons. The molecule has 0 aromatic heterocycles.